The zero-order valence-corrected chi connectivity index (χ0v) is 17.3. The Labute approximate surface area is 162 Å². The van der Waals surface area contributed by atoms with Gasteiger partial charge in [-0.3, -0.25) is 4.90 Å². The molecule has 2 aliphatic rings. The van der Waals surface area contributed by atoms with Crippen molar-refractivity contribution in [3.05, 3.63) is 64.7 Å². The largest absolute Gasteiger partial charge is 0.299 e. The normalized spacial score (nSPS) is 26.4. The van der Waals surface area contributed by atoms with E-state index in [0.717, 1.165) is 17.7 Å². The molecule has 0 amide bonds. The Hall–Kier alpha value is -1.69. The van der Waals surface area contributed by atoms with E-state index in [2.05, 4.69) is 43.1 Å². The number of nitrogens with zero attached hydrogens (tertiary/aromatic N) is 2. The molecular weight excluding hydrogens is 356 g/mol. The molecule has 4 nitrogen and oxygen atoms in total. The van der Waals surface area contributed by atoms with Crippen LogP contribution in [0.25, 0.3) is 0 Å². The van der Waals surface area contributed by atoms with Gasteiger partial charge in [0.15, 0.2) is 0 Å². The zero-order valence-electron chi connectivity index (χ0n) is 16.5. The Balaban J connectivity index is 1.65. The van der Waals surface area contributed by atoms with E-state index in [1.54, 1.807) is 4.31 Å². The number of hydrogen-bond acceptors (Lipinski definition) is 3. The number of aryl methyl sites for hydroxylation is 3. The van der Waals surface area contributed by atoms with Gasteiger partial charge in [0.2, 0.25) is 10.0 Å². The van der Waals surface area contributed by atoms with E-state index in [9.17, 15) is 8.42 Å². The molecule has 27 heavy (non-hydrogen) atoms. The highest BCUT2D eigenvalue weighted by molar-refractivity contribution is 7.89. The third-order valence-corrected chi connectivity index (χ3v) is 8.30. The molecule has 2 heterocycles. The van der Waals surface area contributed by atoms with Crippen LogP contribution in [-0.2, 0) is 10.0 Å². The number of likely N-dealkylation sites (tertiary alicyclic amines) is 1. The van der Waals surface area contributed by atoms with Crippen LogP contribution in [0.1, 0.15) is 28.3 Å². The van der Waals surface area contributed by atoms with Crippen molar-refractivity contribution in [2.45, 2.75) is 31.7 Å². The van der Waals surface area contributed by atoms with Crippen LogP contribution in [0, 0.1) is 32.6 Å². The Morgan fingerprint density at radius 2 is 1.67 bits per heavy atom. The smallest absolute Gasteiger partial charge is 0.243 e. The maximum absolute atomic E-state index is 13.3. The summed E-state index contributed by atoms with van der Waals surface area (Å²) >= 11 is 0. The highest BCUT2D eigenvalue weighted by Gasteiger charge is 2.49. The molecule has 3 atom stereocenters. The average Bonchev–Trinajstić information content (AvgIpc) is 3.15. The van der Waals surface area contributed by atoms with Crippen molar-refractivity contribution < 1.29 is 8.42 Å². The molecule has 144 valence electrons. The molecule has 2 fully saturated rings. The van der Waals surface area contributed by atoms with E-state index >= 15 is 0 Å². The minimum Gasteiger partial charge on any atom is -0.299 e. The van der Waals surface area contributed by atoms with Crippen molar-refractivity contribution in [2.24, 2.45) is 11.8 Å². The van der Waals surface area contributed by atoms with E-state index in [4.69, 9.17) is 0 Å². The first-order chi connectivity index (χ1) is 12.8. The zero-order chi connectivity index (χ0) is 19.3. The Morgan fingerprint density at radius 3 is 2.41 bits per heavy atom. The molecule has 2 aliphatic heterocycles. The topological polar surface area (TPSA) is 40.6 Å². The quantitative estimate of drug-likeness (QED) is 0.813. The highest BCUT2D eigenvalue weighted by atomic mass is 32.2. The summed E-state index contributed by atoms with van der Waals surface area (Å²) in [4.78, 5) is 2.86. The number of benzene rings is 2. The van der Waals surface area contributed by atoms with Crippen molar-refractivity contribution in [3.63, 3.8) is 0 Å². The first kappa shape index (κ1) is 18.7. The van der Waals surface area contributed by atoms with Gasteiger partial charge in [-0.2, -0.15) is 4.31 Å². The first-order valence-corrected chi connectivity index (χ1v) is 11.1. The van der Waals surface area contributed by atoms with Crippen LogP contribution in [0.3, 0.4) is 0 Å². The predicted molar refractivity (Wildman–Crippen MR) is 108 cm³/mol. The minimum atomic E-state index is -3.45. The molecule has 5 heteroatoms. The van der Waals surface area contributed by atoms with Crippen molar-refractivity contribution in [1.29, 1.82) is 0 Å². The van der Waals surface area contributed by atoms with Crippen LogP contribution in [0.15, 0.2) is 47.4 Å². The summed E-state index contributed by atoms with van der Waals surface area (Å²) in [7, 11) is -1.29. The number of hydrogen-bond donors (Lipinski definition) is 0. The van der Waals surface area contributed by atoms with Crippen LogP contribution in [-0.4, -0.2) is 44.3 Å². The second kappa shape index (κ2) is 6.73. The van der Waals surface area contributed by atoms with E-state index in [1.165, 1.54) is 11.1 Å². The van der Waals surface area contributed by atoms with Gasteiger partial charge in [0, 0.05) is 25.7 Å². The summed E-state index contributed by atoms with van der Waals surface area (Å²) in [6.07, 6.45) is 0. The van der Waals surface area contributed by atoms with Gasteiger partial charge in [0.05, 0.1) is 4.90 Å². The Bertz CT molecular complexity index is 970. The molecule has 0 spiro atoms. The lowest BCUT2D eigenvalue weighted by Crippen LogP contribution is -2.34. The lowest BCUT2D eigenvalue weighted by Gasteiger charge is -2.28. The molecule has 0 N–H and O–H groups in total. The third-order valence-electron chi connectivity index (χ3n) is 6.33. The molecule has 2 aromatic rings. The van der Waals surface area contributed by atoms with Gasteiger partial charge in [0.1, 0.15) is 0 Å². The van der Waals surface area contributed by atoms with Crippen molar-refractivity contribution in [1.82, 2.24) is 9.21 Å². The summed E-state index contributed by atoms with van der Waals surface area (Å²) in [5.41, 5.74) is 4.42. The molecule has 0 saturated carbocycles. The fraction of sp³-hybridized carbons (Fsp3) is 0.455. The second-order valence-electron chi connectivity index (χ2n) is 8.26. The molecular formula is C22H28N2O2S. The van der Waals surface area contributed by atoms with Gasteiger partial charge >= 0.3 is 0 Å². The second-order valence-corrected chi connectivity index (χ2v) is 10.2. The Kier molecular flexibility index (Phi) is 4.65. The maximum atomic E-state index is 13.3. The maximum Gasteiger partial charge on any atom is 0.243 e. The average molecular weight is 385 g/mol. The van der Waals surface area contributed by atoms with Crippen LogP contribution in [0.2, 0.25) is 0 Å². The minimum absolute atomic E-state index is 0.287. The van der Waals surface area contributed by atoms with Crippen LogP contribution in [0.4, 0.5) is 0 Å². The molecule has 2 saturated heterocycles. The van der Waals surface area contributed by atoms with Crippen molar-refractivity contribution >= 4 is 10.0 Å². The molecule has 2 aromatic carbocycles. The lowest BCUT2D eigenvalue weighted by atomic mass is 9.88. The van der Waals surface area contributed by atoms with Gasteiger partial charge in [-0.05, 0) is 68.0 Å². The van der Waals surface area contributed by atoms with Crippen LogP contribution >= 0.6 is 0 Å². The summed E-state index contributed by atoms with van der Waals surface area (Å²) in [5, 5.41) is 0. The lowest BCUT2D eigenvalue weighted by molar-refractivity contribution is 0.260. The molecule has 0 unspecified atom stereocenters. The number of rotatable bonds is 3. The molecule has 0 radical (unpaired) electrons. The summed E-state index contributed by atoms with van der Waals surface area (Å²) in [5.74, 6) is 0.732. The molecule has 0 bridgehead atoms. The SMILES string of the molecule is Cc1ccc(C)c(S(=O)(=O)N2C[C@@H]3CN(C)[C@@H](c4ccccc4C)[C@@H]3C2)c1. The van der Waals surface area contributed by atoms with Gasteiger partial charge in [-0.25, -0.2) is 8.42 Å². The predicted octanol–water partition coefficient (Wildman–Crippen LogP) is 3.54. The highest BCUT2D eigenvalue weighted by Crippen LogP contribution is 2.46. The summed E-state index contributed by atoms with van der Waals surface area (Å²) in [6.45, 7) is 8.14. The summed E-state index contributed by atoms with van der Waals surface area (Å²) < 4.78 is 28.4. The van der Waals surface area contributed by atoms with Gasteiger partial charge in [-0.15, -0.1) is 0 Å². The van der Waals surface area contributed by atoms with E-state index in [0.29, 0.717) is 29.8 Å². The van der Waals surface area contributed by atoms with Gasteiger partial charge in [-0.1, -0.05) is 36.4 Å². The fourth-order valence-corrected chi connectivity index (χ4v) is 6.77. The molecule has 4 rings (SSSR count). The monoisotopic (exact) mass is 384 g/mol. The van der Waals surface area contributed by atoms with Crippen molar-refractivity contribution in [2.75, 3.05) is 26.7 Å². The van der Waals surface area contributed by atoms with Crippen molar-refractivity contribution in [3.8, 4) is 0 Å². The third kappa shape index (κ3) is 3.12. The standard InChI is InChI=1S/C22H28N2O2S/c1-15-9-10-17(3)21(11-15)27(25,26)24-13-18-12-23(4)22(20(18)14-24)19-8-6-5-7-16(19)2/h5-11,18,20,22H,12-14H2,1-4H3/t18-,20+,22-/m0/s1. The van der Waals surface area contributed by atoms with E-state index in [1.807, 2.05) is 32.0 Å². The Morgan fingerprint density at radius 1 is 0.926 bits per heavy atom. The first-order valence-electron chi connectivity index (χ1n) is 9.62. The van der Waals surface area contributed by atoms with Crippen LogP contribution < -0.4 is 0 Å². The van der Waals surface area contributed by atoms with E-state index < -0.39 is 10.0 Å². The number of fused-ring (bicyclic) bond motifs is 1. The molecule has 0 aromatic heterocycles. The van der Waals surface area contributed by atoms with E-state index in [-0.39, 0.29) is 6.04 Å². The summed E-state index contributed by atoms with van der Waals surface area (Å²) in [6, 6.07) is 14.5. The van der Waals surface area contributed by atoms with Crippen LogP contribution in [0.5, 0.6) is 0 Å². The van der Waals surface area contributed by atoms with Gasteiger partial charge in [0.25, 0.3) is 0 Å². The van der Waals surface area contributed by atoms with Gasteiger partial charge < -0.3 is 0 Å². The number of sulfonamides is 1. The fourth-order valence-electron chi connectivity index (χ4n) is 4.92. The molecule has 0 aliphatic carbocycles.